The van der Waals surface area contributed by atoms with Gasteiger partial charge in [-0.2, -0.15) is 0 Å². The molecule has 0 aromatic heterocycles. The van der Waals surface area contributed by atoms with Gasteiger partial charge in [-0.25, -0.2) is 13.1 Å². The number of hydrogen-bond donors (Lipinski definition) is 2. The summed E-state index contributed by atoms with van der Waals surface area (Å²) in [5.41, 5.74) is 0.802. The van der Waals surface area contributed by atoms with Gasteiger partial charge < -0.3 is 9.84 Å². The summed E-state index contributed by atoms with van der Waals surface area (Å²) in [5.74, 6) is 0.925. The van der Waals surface area contributed by atoms with Crippen molar-refractivity contribution in [2.75, 3.05) is 13.2 Å². The molecule has 6 heteroatoms. The van der Waals surface area contributed by atoms with Gasteiger partial charge in [0.05, 0.1) is 17.6 Å². The van der Waals surface area contributed by atoms with Crippen LogP contribution in [0, 0.1) is 12.8 Å². The van der Waals surface area contributed by atoms with Gasteiger partial charge in [-0.3, -0.25) is 0 Å². The van der Waals surface area contributed by atoms with Crippen molar-refractivity contribution >= 4 is 10.0 Å². The van der Waals surface area contributed by atoms with Crippen molar-refractivity contribution in [1.82, 2.24) is 4.72 Å². The number of aliphatic hydroxyl groups excluding tert-OH is 1. The molecule has 118 valence electrons. The molecular formula is C15H23NO4S. The van der Waals surface area contributed by atoms with Crippen molar-refractivity contribution in [3.05, 3.63) is 23.8 Å². The van der Waals surface area contributed by atoms with Crippen LogP contribution in [0.3, 0.4) is 0 Å². The number of hydrogen-bond acceptors (Lipinski definition) is 4. The first kappa shape index (κ1) is 16.3. The summed E-state index contributed by atoms with van der Waals surface area (Å²) in [5, 5.41) is 9.47. The van der Waals surface area contributed by atoms with E-state index in [2.05, 4.69) is 4.72 Å². The fourth-order valence-corrected chi connectivity index (χ4v) is 3.85. The lowest BCUT2D eigenvalue weighted by molar-refractivity contribution is 0.178. The van der Waals surface area contributed by atoms with E-state index in [1.807, 2.05) is 13.8 Å². The third-order valence-electron chi connectivity index (χ3n) is 3.83. The van der Waals surface area contributed by atoms with E-state index in [1.165, 1.54) is 0 Å². The number of benzene rings is 1. The van der Waals surface area contributed by atoms with E-state index >= 15 is 0 Å². The first-order valence-electron chi connectivity index (χ1n) is 7.33. The van der Waals surface area contributed by atoms with Crippen molar-refractivity contribution in [3.8, 4) is 5.75 Å². The van der Waals surface area contributed by atoms with E-state index in [1.54, 1.807) is 18.2 Å². The van der Waals surface area contributed by atoms with Gasteiger partial charge in [-0.15, -0.1) is 0 Å². The Morgan fingerprint density at radius 2 is 2.14 bits per heavy atom. The fraction of sp³-hybridized carbons (Fsp3) is 0.600. The molecule has 1 saturated carbocycles. The van der Waals surface area contributed by atoms with E-state index in [9.17, 15) is 13.5 Å². The molecule has 0 heterocycles. The highest BCUT2D eigenvalue weighted by Crippen LogP contribution is 2.26. The van der Waals surface area contributed by atoms with Crippen molar-refractivity contribution in [3.63, 3.8) is 0 Å². The molecule has 2 unspecified atom stereocenters. The second-order valence-corrected chi connectivity index (χ2v) is 7.31. The Hall–Kier alpha value is -1.11. The molecule has 1 aliphatic carbocycles. The maximum absolute atomic E-state index is 12.3. The summed E-state index contributed by atoms with van der Waals surface area (Å²) in [6, 6.07) is 4.87. The standard InChI is InChI=1S/C15H23NO4S/c1-3-20-15-7-6-14(8-11(15)2)21(18,19)16-10-12-4-5-13(17)9-12/h6-8,12-13,16-17H,3-5,9-10H2,1-2H3. The first-order valence-corrected chi connectivity index (χ1v) is 8.82. The summed E-state index contributed by atoms with van der Waals surface area (Å²) in [7, 11) is -3.51. The topological polar surface area (TPSA) is 75.6 Å². The minimum Gasteiger partial charge on any atom is -0.494 e. The van der Waals surface area contributed by atoms with Gasteiger partial charge in [-0.05, 0) is 62.8 Å². The van der Waals surface area contributed by atoms with Gasteiger partial charge in [0, 0.05) is 6.54 Å². The zero-order valence-corrected chi connectivity index (χ0v) is 13.3. The van der Waals surface area contributed by atoms with Crippen LogP contribution >= 0.6 is 0 Å². The molecule has 0 aliphatic heterocycles. The molecule has 5 nitrogen and oxygen atoms in total. The molecule has 2 atom stereocenters. The molecular weight excluding hydrogens is 290 g/mol. The highest BCUT2D eigenvalue weighted by Gasteiger charge is 2.24. The number of sulfonamides is 1. The molecule has 0 spiro atoms. The number of nitrogens with one attached hydrogen (secondary N) is 1. The Labute approximate surface area is 126 Å². The van der Waals surface area contributed by atoms with Gasteiger partial charge in [-0.1, -0.05) is 0 Å². The van der Waals surface area contributed by atoms with Gasteiger partial charge in [0.1, 0.15) is 5.75 Å². The van der Waals surface area contributed by atoms with Crippen LogP contribution in [-0.4, -0.2) is 32.8 Å². The number of aryl methyl sites for hydroxylation is 1. The van der Waals surface area contributed by atoms with Gasteiger partial charge >= 0.3 is 0 Å². The Morgan fingerprint density at radius 1 is 1.38 bits per heavy atom. The van der Waals surface area contributed by atoms with Crippen LogP contribution in [0.25, 0.3) is 0 Å². The molecule has 0 amide bonds. The van der Waals surface area contributed by atoms with E-state index in [-0.39, 0.29) is 16.9 Å². The summed E-state index contributed by atoms with van der Waals surface area (Å²) in [4.78, 5) is 0.252. The van der Waals surface area contributed by atoms with Crippen LogP contribution in [0.2, 0.25) is 0 Å². The van der Waals surface area contributed by atoms with Crippen LogP contribution in [-0.2, 0) is 10.0 Å². The van der Waals surface area contributed by atoms with Crippen molar-refractivity contribution in [2.24, 2.45) is 5.92 Å². The summed E-state index contributed by atoms with van der Waals surface area (Å²) in [6.45, 7) is 4.65. The van der Waals surface area contributed by atoms with Gasteiger partial charge in [0.2, 0.25) is 10.0 Å². The average Bonchev–Trinajstić information content (AvgIpc) is 2.85. The molecule has 1 aromatic carbocycles. The first-order chi connectivity index (χ1) is 9.92. The van der Waals surface area contributed by atoms with Crippen LogP contribution in [0.5, 0.6) is 5.75 Å². The lowest BCUT2D eigenvalue weighted by Gasteiger charge is -2.13. The zero-order valence-electron chi connectivity index (χ0n) is 12.5. The Kier molecular flexibility index (Phi) is 5.24. The van der Waals surface area contributed by atoms with Crippen molar-refractivity contribution < 1.29 is 18.3 Å². The monoisotopic (exact) mass is 313 g/mol. The third kappa shape index (κ3) is 4.18. The highest BCUT2D eigenvalue weighted by atomic mass is 32.2. The van der Waals surface area contributed by atoms with Crippen LogP contribution in [0.15, 0.2) is 23.1 Å². The molecule has 2 N–H and O–H groups in total. The predicted octanol–water partition coefficient (Wildman–Crippen LogP) is 1.83. The lowest BCUT2D eigenvalue weighted by atomic mass is 10.1. The molecule has 0 saturated heterocycles. The van der Waals surface area contributed by atoms with Crippen LogP contribution in [0.1, 0.15) is 31.7 Å². The van der Waals surface area contributed by atoms with Crippen molar-refractivity contribution in [2.45, 2.75) is 44.1 Å². The van der Waals surface area contributed by atoms with E-state index < -0.39 is 10.0 Å². The maximum Gasteiger partial charge on any atom is 0.240 e. The Bertz CT molecular complexity index is 585. The summed E-state index contributed by atoms with van der Waals surface area (Å²) < 4.78 is 32.6. The van der Waals surface area contributed by atoms with Crippen LogP contribution in [0.4, 0.5) is 0 Å². The van der Waals surface area contributed by atoms with Crippen molar-refractivity contribution in [1.29, 1.82) is 0 Å². The quantitative estimate of drug-likeness (QED) is 0.840. The fourth-order valence-electron chi connectivity index (χ4n) is 2.65. The number of aliphatic hydroxyl groups is 1. The molecule has 2 rings (SSSR count). The summed E-state index contributed by atoms with van der Waals surface area (Å²) in [6.07, 6.45) is 2.01. The molecule has 1 fully saturated rings. The van der Waals surface area contributed by atoms with E-state index in [0.717, 1.165) is 18.4 Å². The highest BCUT2D eigenvalue weighted by molar-refractivity contribution is 7.89. The van der Waals surface area contributed by atoms with Gasteiger partial charge in [0.25, 0.3) is 0 Å². The minimum atomic E-state index is -3.51. The Morgan fingerprint density at radius 3 is 2.71 bits per heavy atom. The number of rotatable bonds is 6. The molecule has 1 aliphatic rings. The van der Waals surface area contributed by atoms with E-state index in [0.29, 0.717) is 25.3 Å². The smallest absolute Gasteiger partial charge is 0.240 e. The second-order valence-electron chi connectivity index (χ2n) is 5.55. The second kappa shape index (κ2) is 6.77. The third-order valence-corrected chi connectivity index (χ3v) is 5.25. The normalized spacial score (nSPS) is 22.4. The largest absolute Gasteiger partial charge is 0.494 e. The molecule has 21 heavy (non-hydrogen) atoms. The maximum atomic E-state index is 12.3. The van der Waals surface area contributed by atoms with Crippen LogP contribution < -0.4 is 9.46 Å². The molecule has 0 radical (unpaired) electrons. The minimum absolute atomic E-state index is 0.221. The Balaban J connectivity index is 2.03. The lowest BCUT2D eigenvalue weighted by Crippen LogP contribution is -2.28. The summed E-state index contributed by atoms with van der Waals surface area (Å²) >= 11 is 0. The van der Waals surface area contributed by atoms with E-state index in [4.69, 9.17) is 4.74 Å². The average molecular weight is 313 g/mol. The zero-order chi connectivity index (χ0) is 15.5. The SMILES string of the molecule is CCOc1ccc(S(=O)(=O)NCC2CCC(O)C2)cc1C. The molecule has 0 bridgehead atoms. The predicted molar refractivity (Wildman–Crippen MR) is 80.9 cm³/mol. The molecule has 1 aromatic rings. The van der Waals surface area contributed by atoms with Gasteiger partial charge in [0.15, 0.2) is 0 Å². The number of ether oxygens (including phenoxy) is 1.